The van der Waals surface area contributed by atoms with Gasteiger partial charge < -0.3 is 4.90 Å². The molecule has 0 aromatic carbocycles. The Bertz CT molecular complexity index is 218. The molecule has 1 heterocycles. The molecule has 0 saturated carbocycles. The number of hydrogen-bond acceptors (Lipinski definition) is 2. The summed E-state index contributed by atoms with van der Waals surface area (Å²) in [5.41, 5.74) is -0.545. The minimum absolute atomic E-state index is 0.258. The zero-order valence-corrected chi connectivity index (χ0v) is 10.1. The van der Waals surface area contributed by atoms with E-state index in [1.165, 1.54) is 6.42 Å². The number of alkyl halides is 1. The van der Waals surface area contributed by atoms with E-state index in [0.717, 1.165) is 26.1 Å². The molecule has 0 aromatic rings. The van der Waals surface area contributed by atoms with Gasteiger partial charge in [0.05, 0.1) is 0 Å². The molecule has 1 saturated heterocycles. The zero-order chi connectivity index (χ0) is 11.5. The van der Waals surface area contributed by atoms with E-state index in [-0.39, 0.29) is 5.78 Å². The third-order valence-electron chi connectivity index (χ3n) is 2.90. The summed E-state index contributed by atoms with van der Waals surface area (Å²) in [6, 6.07) is 0. The molecule has 1 rings (SSSR count). The molecule has 0 spiro atoms. The highest BCUT2D eigenvalue weighted by atomic mass is 19.1. The van der Waals surface area contributed by atoms with E-state index >= 15 is 0 Å². The van der Waals surface area contributed by atoms with E-state index in [4.69, 9.17) is 0 Å². The fourth-order valence-electron chi connectivity index (χ4n) is 1.70. The minimum atomic E-state index is -1.27. The standard InChI is InChI=1S/C12H22FNO/c1-12(2,3)11(15)10(13)6-4-7-14-8-5-9-14/h10H,4-9H2,1-3H3/t10-/m1/s1. The molecule has 2 nitrogen and oxygen atoms in total. The first-order valence-electron chi connectivity index (χ1n) is 5.82. The van der Waals surface area contributed by atoms with Crippen molar-refractivity contribution in [3.05, 3.63) is 0 Å². The van der Waals surface area contributed by atoms with Crippen molar-refractivity contribution < 1.29 is 9.18 Å². The summed E-state index contributed by atoms with van der Waals surface area (Å²) in [6.45, 7) is 8.55. The van der Waals surface area contributed by atoms with E-state index in [1.807, 2.05) is 0 Å². The van der Waals surface area contributed by atoms with Gasteiger partial charge in [-0.3, -0.25) is 4.79 Å². The van der Waals surface area contributed by atoms with E-state index in [9.17, 15) is 9.18 Å². The highest BCUT2D eigenvalue weighted by molar-refractivity contribution is 5.87. The van der Waals surface area contributed by atoms with Crippen LogP contribution in [-0.4, -0.2) is 36.5 Å². The number of Topliss-reactive ketones (excluding diaryl/α,β-unsaturated/α-hetero) is 1. The fraction of sp³-hybridized carbons (Fsp3) is 0.917. The van der Waals surface area contributed by atoms with Crippen LogP contribution >= 0.6 is 0 Å². The zero-order valence-electron chi connectivity index (χ0n) is 10.1. The van der Waals surface area contributed by atoms with Crippen LogP contribution in [0.5, 0.6) is 0 Å². The van der Waals surface area contributed by atoms with Gasteiger partial charge in [0.2, 0.25) is 0 Å². The monoisotopic (exact) mass is 215 g/mol. The number of carbonyl (C=O) groups is 1. The molecule has 3 heteroatoms. The maximum absolute atomic E-state index is 13.5. The van der Waals surface area contributed by atoms with Crippen molar-refractivity contribution in [1.29, 1.82) is 0 Å². The van der Waals surface area contributed by atoms with Gasteiger partial charge in [-0.05, 0) is 38.9 Å². The van der Waals surface area contributed by atoms with Crippen LogP contribution in [0.3, 0.4) is 0 Å². The van der Waals surface area contributed by atoms with Crippen molar-refractivity contribution in [2.45, 2.75) is 46.2 Å². The third-order valence-corrected chi connectivity index (χ3v) is 2.90. The Balaban J connectivity index is 2.17. The highest BCUT2D eigenvalue weighted by Gasteiger charge is 2.29. The second-order valence-electron chi connectivity index (χ2n) is 5.42. The van der Waals surface area contributed by atoms with Crippen LogP contribution in [0.25, 0.3) is 0 Å². The summed E-state index contributed by atoms with van der Waals surface area (Å²) in [4.78, 5) is 13.8. The Hall–Kier alpha value is -0.440. The van der Waals surface area contributed by atoms with Crippen LogP contribution in [-0.2, 0) is 4.79 Å². The molecule has 0 radical (unpaired) electrons. The van der Waals surface area contributed by atoms with Crippen molar-refractivity contribution in [3.63, 3.8) is 0 Å². The molecule has 0 N–H and O–H groups in total. The van der Waals surface area contributed by atoms with Gasteiger partial charge in [0.1, 0.15) is 0 Å². The van der Waals surface area contributed by atoms with E-state index in [2.05, 4.69) is 4.90 Å². The minimum Gasteiger partial charge on any atom is -0.303 e. The molecule has 0 amide bonds. The quantitative estimate of drug-likeness (QED) is 0.702. The molecule has 0 aromatic heterocycles. The Morgan fingerprint density at radius 3 is 2.40 bits per heavy atom. The van der Waals surface area contributed by atoms with Crippen LogP contribution < -0.4 is 0 Å². The Kier molecular flexibility index (Phi) is 4.26. The first kappa shape index (κ1) is 12.6. The number of likely N-dealkylation sites (tertiary alicyclic amines) is 1. The van der Waals surface area contributed by atoms with Crippen molar-refractivity contribution >= 4 is 5.78 Å². The molecule has 1 aliphatic rings. The number of halogens is 1. The van der Waals surface area contributed by atoms with Gasteiger partial charge in [-0.25, -0.2) is 4.39 Å². The number of nitrogens with zero attached hydrogens (tertiary/aromatic N) is 1. The first-order chi connectivity index (χ1) is 6.91. The molecule has 1 aliphatic heterocycles. The van der Waals surface area contributed by atoms with Crippen molar-refractivity contribution in [1.82, 2.24) is 4.90 Å². The van der Waals surface area contributed by atoms with Crippen LogP contribution in [0.1, 0.15) is 40.0 Å². The second-order valence-corrected chi connectivity index (χ2v) is 5.42. The van der Waals surface area contributed by atoms with Gasteiger partial charge in [-0.2, -0.15) is 0 Å². The molecule has 1 atom stereocenters. The van der Waals surface area contributed by atoms with Crippen LogP contribution in [0.15, 0.2) is 0 Å². The lowest BCUT2D eigenvalue weighted by atomic mass is 9.87. The lowest BCUT2D eigenvalue weighted by Gasteiger charge is -2.30. The SMILES string of the molecule is CC(C)(C)C(=O)[C@H](F)CCCN1CCC1. The molecule has 0 unspecified atom stereocenters. The molecule has 88 valence electrons. The van der Waals surface area contributed by atoms with Gasteiger partial charge >= 0.3 is 0 Å². The number of carbonyl (C=O) groups excluding carboxylic acids is 1. The van der Waals surface area contributed by atoms with Gasteiger partial charge in [0.15, 0.2) is 12.0 Å². The molecule has 1 fully saturated rings. The number of rotatable bonds is 5. The maximum Gasteiger partial charge on any atom is 0.172 e. The number of hydrogen-bond donors (Lipinski definition) is 0. The van der Waals surface area contributed by atoms with Crippen molar-refractivity contribution in [3.8, 4) is 0 Å². The van der Waals surface area contributed by atoms with Gasteiger partial charge in [-0.1, -0.05) is 20.8 Å². The Morgan fingerprint density at radius 2 is 2.00 bits per heavy atom. The van der Waals surface area contributed by atoms with Crippen LogP contribution in [0.2, 0.25) is 0 Å². The van der Waals surface area contributed by atoms with Crippen LogP contribution in [0.4, 0.5) is 4.39 Å². The van der Waals surface area contributed by atoms with E-state index in [1.54, 1.807) is 20.8 Å². The second kappa shape index (κ2) is 5.06. The van der Waals surface area contributed by atoms with Gasteiger partial charge in [0, 0.05) is 5.41 Å². The number of ketones is 1. The van der Waals surface area contributed by atoms with Gasteiger partial charge in [0.25, 0.3) is 0 Å². The largest absolute Gasteiger partial charge is 0.303 e. The van der Waals surface area contributed by atoms with Gasteiger partial charge in [-0.15, -0.1) is 0 Å². The summed E-state index contributed by atoms with van der Waals surface area (Å²) in [5.74, 6) is -0.258. The fourth-order valence-corrected chi connectivity index (χ4v) is 1.70. The summed E-state index contributed by atoms with van der Waals surface area (Å²) >= 11 is 0. The maximum atomic E-state index is 13.5. The predicted octanol–water partition coefficient (Wildman–Crippen LogP) is 2.43. The van der Waals surface area contributed by atoms with Crippen LogP contribution in [0, 0.1) is 5.41 Å². The summed E-state index contributed by atoms with van der Waals surface area (Å²) in [6.07, 6.45) is 1.17. The molecular weight excluding hydrogens is 193 g/mol. The van der Waals surface area contributed by atoms with Crippen molar-refractivity contribution in [2.24, 2.45) is 5.41 Å². The predicted molar refractivity (Wildman–Crippen MR) is 59.6 cm³/mol. The lowest BCUT2D eigenvalue weighted by Crippen LogP contribution is -2.38. The third kappa shape index (κ3) is 3.90. The first-order valence-corrected chi connectivity index (χ1v) is 5.82. The molecule has 15 heavy (non-hydrogen) atoms. The average Bonchev–Trinajstić information content (AvgIpc) is 2.06. The van der Waals surface area contributed by atoms with E-state index in [0.29, 0.717) is 6.42 Å². The molecule has 0 bridgehead atoms. The van der Waals surface area contributed by atoms with E-state index < -0.39 is 11.6 Å². The highest BCUT2D eigenvalue weighted by Crippen LogP contribution is 2.21. The smallest absolute Gasteiger partial charge is 0.172 e. The van der Waals surface area contributed by atoms with Crippen molar-refractivity contribution in [2.75, 3.05) is 19.6 Å². The summed E-state index contributed by atoms with van der Waals surface area (Å²) < 4.78 is 13.5. The molecule has 0 aliphatic carbocycles. The average molecular weight is 215 g/mol. The Morgan fingerprint density at radius 1 is 1.40 bits per heavy atom. The summed E-state index contributed by atoms with van der Waals surface area (Å²) in [7, 11) is 0. The molecular formula is C12H22FNO. The normalized spacial score (nSPS) is 19.7. The lowest BCUT2D eigenvalue weighted by molar-refractivity contribution is -0.131. The summed E-state index contributed by atoms with van der Waals surface area (Å²) in [5, 5.41) is 0. The Labute approximate surface area is 91.8 Å². The topological polar surface area (TPSA) is 20.3 Å².